The lowest BCUT2D eigenvalue weighted by Gasteiger charge is -2.28. The summed E-state index contributed by atoms with van der Waals surface area (Å²) in [5.74, 6) is 3.17. The zero-order valence-electron chi connectivity index (χ0n) is 19.7. The Labute approximate surface area is 209 Å². The number of ether oxygens (including phenoxy) is 1. The number of anilines is 1. The summed E-state index contributed by atoms with van der Waals surface area (Å²) in [5.41, 5.74) is 1.20. The third-order valence-electron chi connectivity index (χ3n) is 6.50. The fraction of sp³-hybridized carbons (Fsp3) is 0.259. The van der Waals surface area contributed by atoms with Gasteiger partial charge in [-0.1, -0.05) is 36.6 Å². The Bertz CT molecular complexity index is 1340. The molecule has 1 fully saturated rings. The van der Waals surface area contributed by atoms with Crippen LogP contribution in [0.2, 0.25) is 5.02 Å². The van der Waals surface area contributed by atoms with Gasteiger partial charge in [0.15, 0.2) is 0 Å². The number of amides is 1. The number of imidazole rings is 1. The summed E-state index contributed by atoms with van der Waals surface area (Å²) in [6.07, 6.45) is 7.28. The summed E-state index contributed by atoms with van der Waals surface area (Å²) in [4.78, 5) is 26.5. The van der Waals surface area contributed by atoms with Crippen LogP contribution in [0.1, 0.15) is 42.9 Å². The fourth-order valence-corrected chi connectivity index (χ4v) is 4.82. The van der Waals surface area contributed by atoms with Crippen molar-refractivity contribution >= 4 is 23.2 Å². The minimum Gasteiger partial charge on any atom is -0.439 e. The number of carbonyl (C=O) groups is 1. The fourth-order valence-electron chi connectivity index (χ4n) is 4.69. The molecule has 0 saturated heterocycles. The van der Waals surface area contributed by atoms with Crippen molar-refractivity contribution in [3.63, 3.8) is 0 Å². The van der Waals surface area contributed by atoms with E-state index in [9.17, 15) is 4.79 Å². The molecule has 1 N–H and O–H groups in total. The predicted octanol–water partition coefficient (Wildman–Crippen LogP) is 6.18. The normalized spacial score (nSPS) is 14.6. The molecule has 0 spiro atoms. The van der Waals surface area contributed by atoms with E-state index in [1.807, 2.05) is 73.1 Å². The van der Waals surface area contributed by atoms with Crippen LogP contribution in [-0.4, -0.2) is 25.4 Å². The summed E-state index contributed by atoms with van der Waals surface area (Å²) in [6.45, 7) is 3.73. The Morgan fingerprint density at radius 3 is 2.40 bits per heavy atom. The second-order valence-corrected chi connectivity index (χ2v) is 9.27. The Morgan fingerprint density at radius 2 is 1.74 bits per heavy atom. The van der Waals surface area contributed by atoms with Gasteiger partial charge in [-0.3, -0.25) is 9.36 Å². The zero-order valence-corrected chi connectivity index (χ0v) is 20.4. The average Bonchev–Trinajstić information content (AvgIpc) is 3.51. The maximum Gasteiger partial charge on any atom is 0.235 e. The van der Waals surface area contributed by atoms with Crippen molar-refractivity contribution in [1.82, 2.24) is 19.5 Å². The van der Waals surface area contributed by atoms with Crippen molar-refractivity contribution in [2.75, 3.05) is 5.32 Å². The Morgan fingerprint density at radius 1 is 1.03 bits per heavy atom. The molecule has 0 unspecified atom stereocenters. The molecule has 2 aromatic heterocycles. The van der Waals surface area contributed by atoms with Crippen LogP contribution in [0, 0.1) is 13.8 Å². The molecule has 2 heterocycles. The van der Waals surface area contributed by atoms with Crippen molar-refractivity contribution in [3.05, 3.63) is 89.2 Å². The van der Waals surface area contributed by atoms with Gasteiger partial charge in [-0.05, 0) is 68.7 Å². The summed E-state index contributed by atoms with van der Waals surface area (Å²) in [7, 11) is 0. The van der Waals surface area contributed by atoms with Gasteiger partial charge in [0.1, 0.15) is 23.2 Å². The van der Waals surface area contributed by atoms with Gasteiger partial charge >= 0.3 is 0 Å². The maximum absolute atomic E-state index is 13.4. The lowest BCUT2D eigenvalue weighted by Crippen LogP contribution is -2.37. The first kappa shape index (κ1) is 23.1. The largest absolute Gasteiger partial charge is 0.439 e. The third kappa shape index (κ3) is 4.77. The molecular weight excluding hydrogens is 462 g/mol. The highest BCUT2D eigenvalue weighted by Crippen LogP contribution is 2.42. The number of benzene rings is 2. The second kappa shape index (κ2) is 9.50. The lowest BCUT2D eigenvalue weighted by atomic mass is 9.78. The highest BCUT2D eigenvalue weighted by atomic mass is 35.5. The number of rotatable bonds is 6. The number of hydrogen-bond donors (Lipinski definition) is 1. The smallest absolute Gasteiger partial charge is 0.235 e. The molecule has 7 nitrogen and oxygen atoms in total. The number of aromatic nitrogens is 4. The van der Waals surface area contributed by atoms with E-state index in [4.69, 9.17) is 16.3 Å². The molecule has 35 heavy (non-hydrogen) atoms. The number of carbonyl (C=O) groups excluding carboxylic acids is 1. The Kier molecular flexibility index (Phi) is 6.26. The highest BCUT2D eigenvalue weighted by Gasteiger charge is 2.42. The van der Waals surface area contributed by atoms with Crippen LogP contribution in [-0.2, 0) is 10.2 Å². The van der Waals surface area contributed by atoms with E-state index in [0.29, 0.717) is 28.3 Å². The molecule has 5 rings (SSSR count). The molecule has 0 aliphatic heterocycles. The van der Waals surface area contributed by atoms with Crippen LogP contribution in [0.3, 0.4) is 0 Å². The number of halogens is 1. The van der Waals surface area contributed by atoms with Gasteiger partial charge in [0.2, 0.25) is 11.8 Å². The highest BCUT2D eigenvalue weighted by molar-refractivity contribution is 6.30. The quantitative estimate of drug-likeness (QED) is 0.351. The average molecular weight is 488 g/mol. The van der Waals surface area contributed by atoms with Crippen LogP contribution in [0.15, 0.2) is 67.0 Å². The van der Waals surface area contributed by atoms with Crippen molar-refractivity contribution in [3.8, 4) is 17.4 Å². The predicted molar refractivity (Wildman–Crippen MR) is 135 cm³/mol. The molecular formula is C27H26ClN5O2. The number of aryl methyl sites for hydroxylation is 2. The Balaban J connectivity index is 1.31. The van der Waals surface area contributed by atoms with Crippen LogP contribution in [0.25, 0.3) is 5.82 Å². The molecule has 0 radical (unpaired) electrons. The van der Waals surface area contributed by atoms with Crippen molar-refractivity contribution in [2.45, 2.75) is 44.9 Å². The second-order valence-electron chi connectivity index (χ2n) is 8.83. The first-order valence-corrected chi connectivity index (χ1v) is 12.0. The van der Waals surface area contributed by atoms with Crippen LogP contribution in [0.4, 0.5) is 5.69 Å². The Hall–Kier alpha value is -3.71. The summed E-state index contributed by atoms with van der Waals surface area (Å²) < 4.78 is 7.86. The van der Waals surface area contributed by atoms with Gasteiger partial charge in [0, 0.05) is 29.2 Å². The number of hydrogen-bond acceptors (Lipinski definition) is 5. The van der Waals surface area contributed by atoms with E-state index < -0.39 is 5.41 Å². The van der Waals surface area contributed by atoms with Crippen LogP contribution in [0.5, 0.6) is 11.6 Å². The van der Waals surface area contributed by atoms with Gasteiger partial charge in [-0.25, -0.2) is 9.97 Å². The van der Waals surface area contributed by atoms with E-state index in [2.05, 4.69) is 20.3 Å². The molecule has 0 bridgehead atoms. The monoisotopic (exact) mass is 487 g/mol. The van der Waals surface area contributed by atoms with E-state index in [1.54, 1.807) is 12.3 Å². The molecule has 178 valence electrons. The van der Waals surface area contributed by atoms with Gasteiger partial charge in [0.05, 0.1) is 5.41 Å². The molecule has 1 saturated carbocycles. The molecule has 1 amide bonds. The van der Waals surface area contributed by atoms with Crippen molar-refractivity contribution in [2.24, 2.45) is 0 Å². The first-order chi connectivity index (χ1) is 16.9. The molecule has 2 aromatic carbocycles. The van der Waals surface area contributed by atoms with Crippen molar-refractivity contribution in [1.29, 1.82) is 0 Å². The third-order valence-corrected chi connectivity index (χ3v) is 6.75. The molecule has 0 atom stereocenters. The van der Waals surface area contributed by atoms with E-state index in [-0.39, 0.29) is 5.91 Å². The van der Waals surface area contributed by atoms with Gasteiger partial charge in [-0.15, -0.1) is 0 Å². The minimum absolute atomic E-state index is 0.0118. The summed E-state index contributed by atoms with van der Waals surface area (Å²) >= 11 is 6.07. The molecule has 1 aliphatic rings. The van der Waals surface area contributed by atoms with Gasteiger partial charge < -0.3 is 10.1 Å². The molecule has 4 aromatic rings. The van der Waals surface area contributed by atoms with Gasteiger partial charge in [0.25, 0.3) is 0 Å². The van der Waals surface area contributed by atoms with E-state index >= 15 is 0 Å². The summed E-state index contributed by atoms with van der Waals surface area (Å²) in [6, 6.07) is 16.7. The van der Waals surface area contributed by atoms with Crippen LogP contribution < -0.4 is 10.1 Å². The molecule has 8 heteroatoms. The number of nitrogens with zero attached hydrogens (tertiary/aromatic N) is 4. The SMILES string of the molecule is Cc1nc(Oc2ccc(NC(=O)C3(c4ccc(Cl)cc4)CCCC3)cc2)cc(-n2ccnc2C)n1. The topological polar surface area (TPSA) is 81.9 Å². The standard InChI is InChI=1S/C27H26ClN5O2/c1-18-30-24(33-16-15-29-19(33)2)17-25(31-18)35-23-11-9-22(10-12-23)32-26(34)27(13-3-4-14-27)20-5-7-21(28)8-6-20/h5-12,15-17H,3-4,13-14H2,1-2H3,(H,32,34). The van der Waals surface area contributed by atoms with Crippen molar-refractivity contribution < 1.29 is 9.53 Å². The van der Waals surface area contributed by atoms with E-state index in [1.165, 1.54) is 0 Å². The lowest BCUT2D eigenvalue weighted by molar-refractivity contribution is -0.121. The summed E-state index contributed by atoms with van der Waals surface area (Å²) in [5, 5.41) is 3.78. The van der Waals surface area contributed by atoms with E-state index in [0.717, 1.165) is 42.8 Å². The number of nitrogens with one attached hydrogen (secondary N) is 1. The minimum atomic E-state index is -0.528. The van der Waals surface area contributed by atoms with Gasteiger partial charge in [-0.2, -0.15) is 4.98 Å². The first-order valence-electron chi connectivity index (χ1n) is 11.6. The van der Waals surface area contributed by atoms with Crippen LogP contribution >= 0.6 is 11.6 Å². The maximum atomic E-state index is 13.4. The zero-order chi connectivity index (χ0) is 24.4. The molecule has 1 aliphatic carbocycles.